The monoisotopic (exact) mass is 378 g/mol. The van der Waals surface area contributed by atoms with Crippen LogP contribution in [0.1, 0.15) is 18.4 Å². The number of rotatable bonds is 6. The van der Waals surface area contributed by atoms with Crippen molar-refractivity contribution >= 4 is 0 Å². The van der Waals surface area contributed by atoms with Crippen LogP contribution < -0.4 is 0 Å². The van der Waals surface area contributed by atoms with Crippen molar-refractivity contribution in [3.63, 3.8) is 0 Å². The van der Waals surface area contributed by atoms with Crippen LogP contribution in [0.4, 0.5) is 0 Å². The number of nitrogens with zero attached hydrogens (tertiary/aromatic N) is 4. The van der Waals surface area contributed by atoms with Crippen LogP contribution in [0.5, 0.6) is 0 Å². The van der Waals surface area contributed by atoms with Crippen molar-refractivity contribution in [2.75, 3.05) is 19.7 Å². The molecule has 4 rings (SSSR count). The van der Waals surface area contributed by atoms with Gasteiger partial charge in [0.15, 0.2) is 0 Å². The Morgan fingerprint density at radius 2 is 1.75 bits per heavy atom. The first-order valence-electron chi connectivity index (χ1n) is 9.80. The van der Waals surface area contributed by atoms with Crippen LogP contribution in [0.3, 0.4) is 0 Å². The average Bonchev–Trinajstić information content (AvgIpc) is 3.19. The van der Waals surface area contributed by atoms with Gasteiger partial charge in [-0.05, 0) is 56.1 Å². The highest BCUT2D eigenvalue weighted by molar-refractivity contribution is 5.62. The number of aliphatic hydroxyl groups excluding tert-OH is 2. The first-order chi connectivity index (χ1) is 13.7. The minimum Gasteiger partial charge on any atom is -0.394 e. The quantitative estimate of drug-likeness (QED) is 0.689. The summed E-state index contributed by atoms with van der Waals surface area (Å²) in [5.41, 5.74) is 4.25. The number of piperidine rings is 1. The summed E-state index contributed by atoms with van der Waals surface area (Å²) < 4.78 is 1.94. The molecule has 1 aromatic carbocycles. The molecule has 2 aromatic heterocycles. The number of aromatic nitrogens is 3. The topological polar surface area (TPSA) is 74.4 Å². The van der Waals surface area contributed by atoms with Gasteiger partial charge in [-0.1, -0.05) is 18.2 Å². The van der Waals surface area contributed by atoms with E-state index in [4.69, 9.17) is 5.10 Å². The highest BCUT2D eigenvalue weighted by Crippen LogP contribution is 2.27. The van der Waals surface area contributed by atoms with E-state index in [9.17, 15) is 10.2 Å². The Balaban J connectivity index is 1.57. The number of aliphatic hydroxyl groups is 2. The second kappa shape index (κ2) is 8.65. The standard InChI is InChI=1S/C22H26N4O2/c27-16-21(28)17-8-12-25(13-9-17)14-19-15-26(20-4-2-1-3-5-20)24-22(19)18-6-10-23-11-7-18/h1-7,10-11,15,17,21,27-28H,8-9,12-14,16H2. The zero-order chi connectivity index (χ0) is 19.3. The molecule has 0 bridgehead atoms. The van der Waals surface area contributed by atoms with Gasteiger partial charge in [-0.15, -0.1) is 0 Å². The van der Waals surface area contributed by atoms with Gasteiger partial charge in [0.2, 0.25) is 0 Å². The highest BCUT2D eigenvalue weighted by atomic mass is 16.3. The molecule has 0 spiro atoms. The molecule has 0 saturated carbocycles. The Morgan fingerprint density at radius 1 is 1.04 bits per heavy atom. The lowest BCUT2D eigenvalue weighted by Crippen LogP contribution is -2.38. The van der Waals surface area contributed by atoms with Gasteiger partial charge in [0, 0.05) is 36.3 Å². The molecule has 3 heterocycles. The second-order valence-electron chi connectivity index (χ2n) is 7.38. The Labute approximate surface area is 165 Å². The lowest BCUT2D eigenvalue weighted by molar-refractivity contribution is 0.0172. The highest BCUT2D eigenvalue weighted by Gasteiger charge is 2.25. The molecule has 1 saturated heterocycles. The van der Waals surface area contributed by atoms with Crippen molar-refractivity contribution in [2.45, 2.75) is 25.5 Å². The Bertz CT molecular complexity index is 874. The molecule has 1 unspecified atom stereocenters. The third-order valence-corrected chi connectivity index (χ3v) is 5.52. The normalized spacial score (nSPS) is 16.9. The van der Waals surface area contributed by atoms with Gasteiger partial charge in [-0.2, -0.15) is 5.10 Å². The number of benzene rings is 1. The molecule has 2 N–H and O–H groups in total. The summed E-state index contributed by atoms with van der Waals surface area (Å²) in [4.78, 5) is 6.53. The SMILES string of the molecule is OCC(O)C1CCN(Cc2cn(-c3ccccc3)nc2-c2ccncc2)CC1. The molecule has 0 aliphatic carbocycles. The fourth-order valence-electron chi connectivity index (χ4n) is 3.88. The lowest BCUT2D eigenvalue weighted by atomic mass is 9.91. The van der Waals surface area contributed by atoms with E-state index in [-0.39, 0.29) is 12.5 Å². The van der Waals surface area contributed by atoms with Gasteiger partial charge in [0.25, 0.3) is 0 Å². The summed E-state index contributed by atoms with van der Waals surface area (Å²) in [6.45, 7) is 2.48. The predicted molar refractivity (Wildman–Crippen MR) is 108 cm³/mol. The summed E-state index contributed by atoms with van der Waals surface area (Å²) in [6, 6.07) is 14.1. The van der Waals surface area contributed by atoms with E-state index in [1.807, 2.05) is 35.0 Å². The minimum absolute atomic E-state index is 0.152. The summed E-state index contributed by atoms with van der Waals surface area (Å²) >= 11 is 0. The fraction of sp³-hybridized carbons (Fsp3) is 0.364. The maximum atomic E-state index is 9.89. The van der Waals surface area contributed by atoms with Gasteiger partial charge in [0.1, 0.15) is 0 Å². The van der Waals surface area contributed by atoms with Crippen LogP contribution in [0.15, 0.2) is 61.1 Å². The lowest BCUT2D eigenvalue weighted by Gasteiger charge is -2.33. The van der Waals surface area contributed by atoms with Crippen molar-refractivity contribution in [3.05, 3.63) is 66.6 Å². The molecule has 1 aliphatic rings. The number of hydrogen-bond donors (Lipinski definition) is 2. The molecular formula is C22H26N4O2. The van der Waals surface area contributed by atoms with Crippen molar-refractivity contribution in [1.29, 1.82) is 0 Å². The molecule has 6 heteroatoms. The van der Waals surface area contributed by atoms with Crippen LogP contribution in [0.25, 0.3) is 16.9 Å². The van der Waals surface area contributed by atoms with Crippen molar-refractivity contribution in [2.24, 2.45) is 5.92 Å². The largest absolute Gasteiger partial charge is 0.394 e. The molecule has 146 valence electrons. The van der Waals surface area contributed by atoms with Crippen LogP contribution in [-0.4, -0.2) is 55.7 Å². The molecule has 0 radical (unpaired) electrons. The van der Waals surface area contributed by atoms with E-state index in [0.717, 1.165) is 49.4 Å². The minimum atomic E-state index is -0.602. The maximum Gasteiger partial charge on any atom is 0.0973 e. The number of likely N-dealkylation sites (tertiary alicyclic amines) is 1. The van der Waals surface area contributed by atoms with Crippen molar-refractivity contribution in [3.8, 4) is 16.9 Å². The molecule has 1 atom stereocenters. The fourth-order valence-corrected chi connectivity index (χ4v) is 3.88. The van der Waals surface area contributed by atoms with Crippen LogP contribution in [-0.2, 0) is 6.54 Å². The van der Waals surface area contributed by atoms with Crippen LogP contribution >= 0.6 is 0 Å². The smallest absolute Gasteiger partial charge is 0.0973 e. The van der Waals surface area contributed by atoms with E-state index >= 15 is 0 Å². The molecule has 1 fully saturated rings. The molecule has 3 aromatic rings. The third kappa shape index (κ3) is 4.14. The summed E-state index contributed by atoms with van der Waals surface area (Å²) in [5.74, 6) is 0.188. The van der Waals surface area contributed by atoms with E-state index in [0.29, 0.717) is 0 Å². The van der Waals surface area contributed by atoms with E-state index in [1.54, 1.807) is 12.4 Å². The number of pyridine rings is 1. The maximum absolute atomic E-state index is 9.89. The van der Waals surface area contributed by atoms with E-state index in [1.165, 1.54) is 5.56 Å². The van der Waals surface area contributed by atoms with Crippen molar-refractivity contribution in [1.82, 2.24) is 19.7 Å². The van der Waals surface area contributed by atoms with E-state index in [2.05, 4.69) is 28.2 Å². The van der Waals surface area contributed by atoms with Gasteiger partial charge >= 0.3 is 0 Å². The Morgan fingerprint density at radius 3 is 2.43 bits per heavy atom. The summed E-state index contributed by atoms with van der Waals surface area (Å²) in [7, 11) is 0. The van der Waals surface area contributed by atoms with Gasteiger partial charge in [0.05, 0.1) is 24.1 Å². The molecule has 0 amide bonds. The van der Waals surface area contributed by atoms with Crippen molar-refractivity contribution < 1.29 is 10.2 Å². The molecule has 1 aliphatic heterocycles. The zero-order valence-corrected chi connectivity index (χ0v) is 15.9. The molecular weight excluding hydrogens is 352 g/mol. The first-order valence-corrected chi connectivity index (χ1v) is 9.80. The van der Waals surface area contributed by atoms with Gasteiger partial charge in [-0.25, -0.2) is 4.68 Å². The number of para-hydroxylation sites is 1. The van der Waals surface area contributed by atoms with Gasteiger partial charge < -0.3 is 10.2 Å². The summed E-state index contributed by atoms with van der Waals surface area (Å²) in [6.07, 6.45) is 6.90. The van der Waals surface area contributed by atoms with Crippen LogP contribution in [0, 0.1) is 5.92 Å². The molecule has 28 heavy (non-hydrogen) atoms. The summed E-state index contributed by atoms with van der Waals surface area (Å²) in [5, 5.41) is 23.9. The Hall–Kier alpha value is -2.54. The molecule has 6 nitrogen and oxygen atoms in total. The Kier molecular flexibility index (Phi) is 5.81. The third-order valence-electron chi connectivity index (χ3n) is 5.52. The zero-order valence-electron chi connectivity index (χ0n) is 15.9. The first kappa shape index (κ1) is 18.8. The average molecular weight is 378 g/mol. The number of hydrogen-bond acceptors (Lipinski definition) is 5. The van der Waals surface area contributed by atoms with Gasteiger partial charge in [-0.3, -0.25) is 9.88 Å². The van der Waals surface area contributed by atoms with E-state index < -0.39 is 6.10 Å². The second-order valence-corrected chi connectivity index (χ2v) is 7.38. The van der Waals surface area contributed by atoms with Crippen LogP contribution in [0.2, 0.25) is 0 Å². The predicted octanol–water partition coefficient (Wildman–Crippen LogP) is 2.50.